The van der Waals surface area contributed by atoms with E-state index in [1.807, 2.05) is 12.3 Å². The molecule has 4 rings (SSSR count). The van der Waals surface area contributed by atoms with Crippen LogP contribution in [-0.4, -0.2) is 29.0 Å². The van der Waals surface area contributed by atoms with Crippen LogP contribution >= 0.6 is 0 Å². The fourth-order valence-corrected chi connectivity index (χ4v) is 4.12. The molecular formula is C27H32N4O. The maximum Gasteiger partial charge on any atom is 0.225 e. The van der Waals surface area contributed by atoms with Crippen molar-refractivity contribution in [2.45, 2.75) is 46.1 Å². The topological polar surface area (TPSA) is 58.1 Å². The van der Waals surface area contributed by atoms with Gasteiger partial charge in [0.15, 0.2) is 5.82 Å². The smallest absolute Gasteiger partial charge is 0.225 e. The zero-order valence-corrected chi connectivity index (χ0v) is 19.2. The molecule has 2 heterocycles. The van der Waals surface area contributed by atoms with Gasteiger partial charge >= 0.3 is 0 Å². The molecule has 1 saturated heterocycles. The number of hydrogen-bond acceptors (Lipinski definition) is 4. The van der Waals surface area contributed by atoms with Gasteiger partial charge in [0.05, 0.1) is 5.92 Å². The summed E-state index contributed by atoms with van der Waals surface area (Å²) >= 11 is 0. The number of anilines is 1. The van der Waals surface area contributed by atoms with Crippen LogP contribution in [0.1, 0.15) is 49.3 Å². The van der Waals surface area contributed by atoms with Gasteiger partial charge in [0.1, 0.15) is 5.82 Å². The highest BCUT2D eigenvalue weighted by molar-refractivity contribution is 5.79. The fraction of sp³-hybridized carbons (Fsp3) is 0.370. The van der Waals surface area contributed by atoms with Gasteiger partial charge in [-0.25, -0.2) is 9.97 Å². The summed E-state index contributed by atoms with van der Waals surface area (Å²) in [6.45, 7) is 8.60. The van der Waals surface area contributed by atoms with E-state index in [1.165, 1.54) is 11.1 Å². The summed E-state index contributed by atoms with van der Waals surface area (Å²) in [4.78, 5) is 24.3. The molecule has 2 aromatic carbocycles. The number of benzene rings is 2. The highest BCUT2D eigenvalue weighted by Gasteiger charge is 2.26. The zero-order chi connectivity index (χ0) is 22.5. The lowest BCUT2D eigenvalue weighted by Gasteiger charge is -2.33. The molecule has 32 heavy (non-hydrogen) atoms. The van der Waals surface area contributed by atoms with Gasteiger partial charge in [-0.15, -0.1) is 0 Å². The minimum absolute atomic E-state index is 0.0310. The summed E-state index contributed by atoms with van der Waals surface area (Å²) in [5, 5.41) is 3.13. The Labute approximate surface area is 190 Å². The number of carbonyl (C=O) groups is 1. The average molecular weight is 429 g/mol. The number of aromatic nitrogens is 2. The monoisotopic (exact) mass is 428 g/mol. The number of nitrogens with zero attached hydrogens (tertiary/aromatic N) is 3. The maximum absolute atomic E-state index is 12.9. The quantitative estimate of drug-likeness (QED) is 0.593. The molecule has 1 N–H and O–H groups in total. The molecule has 5 heteroatoms. The van der Waals surface area contributed by atoms with Gasteiger partial charge in [0.2, 0.25) is 5.91 Å². The van der Waals surface area contributed by atoms with Crippen molar-refractivity contribution < 1.29 is 4.79 Å². The van der Waals surface area contributed by atoms with Crippen LogP contribution in [0.3, 0.4) is 0 Å². The standard InChI is InChI=1S/C27H32N4O/c1-19(2)22-12-8-21(9-13-22)17-29-27(32)24-5-4-16-31(18-24)25-14-15-28-26(30-25)23-10-6-20(3)7-11-23/h6-15,19,24H,4-5,16-18H2,1-3H3,(H,29,32). The number of piperidine rings is 1. The van der Waals surface area contributed by atoms with Gasteiger partial charge in [-0.05, 0) is 42.9 Å². The third kappa shape index (κ3) is 5.34. The van der Waals surface area contributed by atoms with Crippen LogP contribution < -0.4 is 10.2 Å². The summed E-state index contributed by atoms with van der Waals surface area (Å²) in [6.07, 6.45) is 3.69. The first-order chi connectivity index (χ1) is 15.5. The molecule has 166 valence electrons. The lowest BCUT2D eigenvalue weighted by Crippen LogP contribution is -2.43. The highest BCUT2D eigenvalue weighted by atomic mass is 16.1. The van der Waals surface area contributed by atoms with Gasteiger partial charge in [0.25, 0.3) is 0 Å². The van der Waals surface area contributed by atoms with E-state index in [0.29, 0.717) is 19.0 Å². The van der Waals surface area contributed by atoms with E-state index in [2.05, 4.69) is 84.5 Å². The molecule has 3 aromatic rings. The van der Waals surface area contributed by atoms with E-state index in [-0.39, 0.29) is 11.8 Å². The molecule has 0 radical (unpaired) electrons. The Kier molecular flexibility index (Phi) is 6.84. The van der Waals surface area contributed by atoms with Crippen LogP contribution in [0.4, 0.5) is 5.82 Å². The summed E-state index contributed by atoms with van der Waals surface area (Å²) in [7, 11) is 0. The molecule has 1 unspecified atom stereocenters. The fourth-order valence-electron chi connectivity index (χ4n) is 4.12. The van der Waals surface area contributed by atoms with Crippen molar-refractivity contribution in [3.8, 4) is 11.4 Å². The van der Waals surface area contributed by atoms with E-state index in [4.69, 9.17) is 4.98 Å². The van der Waals surface area contributed by atoms with Crippen molar-refractivity contribution >= 4 is 11.7 Å². The Morgan fingerprint density at radius 1 is 1.09 bits per heavy atom. The third-order valence-corrected chi connectivity index (χ3v) is 6.18. The van der Waals surface area contributed by atoms with Crippen molar-refractivity contribution in [2.75, 3.05) is 18.0 Å². The third-order valence-electron chi connectivity index (χ3n) is 6.18. The number of carbonyl (C=O) groups excluding carboxylic acids is 1. The number of nitrogens with one attached hydrogen (secondary N) is 1. The molecule has 1 aliphatic rings. The molecule has 1 fully saturated rings. The number of hydrogen-bond donors (Lipinski definition) is 1. The van der Waals surface area contributed by atoms with Crippen molar-refractivity contribution in [1.29, 1.82) is 0 Å². The van der Waals surface area contributed by atoms with Crippen LogP contribution in [-0.2, 0) is 11.3 Å². The number of amides is 1. The van der Waals surface area contributed by atoms with Crippen molar-refractivity contribution in [3.63, 3.8) is 0 Å². The minimum Gasteiger partial charge on any atom is -0.356 e. The van der Waals surface area contributed by atoms with E-state index in [1.54, 1.807) is 0 Å². The summed E-state index contributed by atoms with van der Waals surface area (Å²) in [6, 6.07) is 18.7. The number of aryl methyl sites for hydroxylation is 1. The Hall–Kier alpha value is -3.21. The SMILES string of the molecule is Cc1ccc(-c2nccc(N3CCCC(C(=O)NCc4ccc(C(C)C)cc4)C3)n2)cc1. The Bertz CT molecular complexity index is 1040. The second-order valence-electron chi connectivity index (χ2n) is 9.00. The molecule has 1 atom stereocenters. The van der Waals surface area contributed by atoms with E-state index >= 15 is 0 Å². The normalized spacial score (nSPS) is 16.2. The van der Waals surface area contributed by atoms with Gasteiger partial charge in [-0.3, -0.25) is 4.79 Å². The first-order valence-corrected chi connectivity index (χ1v) is 11.5. The largest absolute Gasteiger partial charge is 0.356 e. The predicted molar refractivity (Wildman–Crippen MR) is 130 cm³/mol. The molecule has 1 aromatic heterocycles. The van der Waals surface area contributed by atoms with Crippen LogP contribution in [0, 0.1) is 12.8 Å². The summed E-state index contributed by atoms with van der Waals surface area (Å²) in [5.41, 5.74) is 4.67. The molecule has 5 nitrogen and oxygen atoms in total. The Balaban J connectivity index is 1.38. The molecule has 0 spiro atoms. The first-order valence-electron chi connectivity index (χ1n) is 11.5. The lowest BCUT2D eigenvalue weighted by atomic mass is 9.97. The molecule has 1 aliphatic heterocycles. The van der Waals surface area contributed by atoms with Gasteiger partial charge in [-0.2, -0.15) is 0 Å². The molecule has 0 aliphatic carbocycles. The zero-order valence-electron chi connectivity index (χ0n) is 19.2. The van der Waals surface area contributed by atoms with Crippen LogP contribution in [0.25, 0.3) is 11.4 Å². The molecule has 1 amide bonds. The average Bonchev–Trinajstić information content (AvgIpc) is 2.83. The van der Waals surface area contributed by atoms with Crippen molar-refractivity contribution in [1.82, 2.24) is 15.3 Å². The second-order valence-corrected chi connectivity index (χ2v) is 9.00. The lowest BCUT2D eigenvalue weighted by molar-refractivity contribution is -0.125. The van der Waals surface area contributed by atoms with Crippen LogP contribution in [0.15, 0.2) is 60.8 Å². The predicted octanol–water partition coefficient (Wildman–Crippen LogP) is 5.11. The molecule has 0 bridgehead atoms. The molecular weight excluding hydrogens is 396 g/mol. The van der Waals surface area contributed by atoms with Crippen molar-refractivity contribution in [3.05, 3.63) is 77.5 Å². The molecule has 0 saturated carbocycles. The maximum atomic E-state index is 12.9. The van der Waals surface area contributed by atoms with E-state index in [9.17, 15) is 4.79 Å². The van der Waals surface area contributed by atoms with Crippen LogP contribution in [0.5, 0.6) is 0 Å². The van der Waals surface area contributed by atoms with Crippen LogP contribution in [0.2, 0.25) is 0 Å². The van der Waals surface area contributed by atoms with Gasteiger partial charge in [-0.1, -0.05) is 67.9 Å². The summed E-state index contributed by atoms with van der Waals surface area (Å²) < 4.78 is 0. The minimum atomic E-state index is -0.0310. The van der Waals surface area contributed by atoms with E-state index in [0.717, 1.165) is 42.2 Å². The van der Waals surface area contributed by atoms with E-state index < -0.39 is 0 Å². The van der Waals surface area contributed by atoms with Gasteiger partial charge < -0.3 is 10.2 Å². The highest BCUT2D eigenvalue weighted by Crippen LogP contribution is 2.24. The Morgan fingerprint density at radius 2 is 1.84 bits per heavy atom. The number of rotatable bonds is 6. The second kappa shape index (κ2) is 9.94. The summed E-state index contributed by atoms with van der Waals surface area (Å²) in [5.74, 6) is 2.21. The van der Waals surface area contributed by atoms with Gasteiger partial charge in [0, 0.05) is 31.4 Å². The Morgan fingerprint density at radius 3 is 2.56 bits per heavy atom. The first kappa shape index (κ1) is 22.0. The van der Waals surface area contributed by atoms with Crippen molar-refractivity contribution in [2.24, 2.45) is 5.92 Å².